The van der Waals surface area contributed by atoms with Gasteiger partial charge in [-0.25, -0.2) is 0 Å². The molecule has 0 aromatic heterocycles. The quantitative estimate of drug-likeness (QED) is 0.822. The maximum atomic E-state index is 12.9. The van der Waals surface area contributed by atoms with E-state index in [1.165, 1.54) is 6.07 Å². The van der Waals surface area contributed by atoms with Crippen molar-refractivity contribution in [3.05, 3.63) is 34.9 Å². The van der Waals surface area contributed by atoms with Gasteiger partial charge in [0.1, 0.15) is 12.1 Å². The highest BCUT2D eigenvalue weighted by Crippen LogP contribution is 2.49. The van der Waals surface area contributed by atoms with Crippen LogP contribution in [0.2, 0.25) is 0 Å². The summed E-state index contributed by atoms with van der Waals surface area (Å²) in [6.45, 7) is 1.39. The third-order valence-corrected chi connectivity index (χ3v) is 3.37. The van der Waals surface area contributed by atoms with Crippen molar-refractivity contribution in [2.24, 2.45) is 0 Å². The second-order valence-corrected chi connectivity index (χ2v) is 5.04. The molecule has 2 rings (SSSR count). The number of rotatable bonds is 2. The Morgan fingerprint density at radius 3 is 2.62 bits per heavy atom. The van der Waals surface area contributed by atoms with E-state index in [2.05, 4.69) is 17.2 Å². The average molecular weight is 297 g/mol. The lowest BCUT2D eigenvalue weighted by molar-refractivity contribution is -0.163. The SMILES string of the molecule is Cc1ccc(C(=O)NC2(C(F)(F)F)CC2)c(C#CCO)c1. The number of carbonyl (C=O) groups excluding carboxylic acids is 1. The Morgan fingerprint density at radius 1 is 1.43 bits per heavy atom. The second-order valence-electron chi connectivity index (χ2n) is 5.04. The Hall–Kier alpha value is -2.00. The van der Waals surface area contributed by atoms with Crippen LogP contribution in [-0.2, 0) is 0 Å². The van der Waals surface area contributed by atoms with E-state index in [1.54, 1.807) is 19.1 Å². The number of aryl methyl sites for hydroxylation is 1. The number of nitrogens with one attached hydrogen (secondary N) is 1. The number of carbonyl (C=O) groups is 1. The van der Waals surface area contributed by atoms with Gasteiger partial charge >= 0.3 is 6.18 Å². The Bertz CT molecular complexity index is 622. The molecule has 1 aliphatic carbocycles. The number of alkyl halides is 3. The van der Waals surface area contributed by atoms with Gasteiger partial charge in [0.15, 0.2) is 0 Å². The molecule has 0 spiro atoms. The van der Waals surface area contributed by atoms with E-state index in [-0.39, 0.29) is 25.0 Å². The van der Waals surface area contributed by atoms with E-state index in [9.17, 15) is 18.0 Å². The van der Waals surface area contributed by atoms with E-state index in [4.69, 9.17) is 5.11 Å². The topological polar surface area (TPSA) is 49.3 Å². The lowest BCUT2D eigenvalue weighted by Crippen LogP contribution is -2.48. The van der Waals surface area contributed by atoms with Crippen molar-refractivity contribution in [1.82, 2.24) is 5.32 Å². The largest absolute Gasteiger partial charge is 0.411 e. The molecule has 0 radical (unpaired) electrons. The molecule has 0 atom stereocenters. The predicted molar refractivity (Wildman–Crippen MR) is 70.6 cm³/mol. The number of halogens is 3. The minimum absolute atomic E-state index is 0.0806. The Labute approximate surface area is 120 Å². The molecule has 1 aromatic carbocycles. The van der Waals surface area contributed by atoms with Crippen LogP contribution in [0.1, 0.15) is 34.3 Å². The molecule has 1 aromatic rings. The first-order valence-corrected chi connectivity index (χ1v) is 6.39. The fraction of sp³-hybridized carbons (Fsp3) is 0.400. The molecule has 0 heterocycles. The number of benzene rings is 1. The van der Waals surface area contributed by atoms with Gasteiger partial charge in [-0.3, -0.25) is 4.79 Å². The monoisotopic (exact) mass is 297 g/mol. The van der Waals surface area contributed by atoms with Crippen LogP contribution in [0, 0.1) is 18.8 Å². The normalized spacial score (nSPS) is 15.9. The Morgan fingerprint density at radius 2 is 2.10 bits per heavy atom. The molecule has 0 bridgehead atoms. The van der Waals surface area contributed by atoms with Crippen LogP contribution >= 0.6 is 0 Å². The Kier molecular flexibility index (Phi) is 3.97. The van der Waals surface area contributed by atoms with Crippen LogP contribution < -0.4 is 5.32 Å². The van der Waals surface area contributed by atoms with E-state index >= 15 is 0 Å². The van der Waals surface area contributed by atoms with Gasteiger partial charge in [-0.2, -0.15) is 13.2 Å². The molecular formula is C15H14F3NO2. The fourth-order valence-electron chi connectivity index (χ4n) is 1.98. The number of hydrogen-bond donors (Lipinski definition) is 2. The van der Waals surface area contributed by atoms with Gasteiger partial charge < -0.3 is 10.4 Å². The Balaban J connectivity index is 2.28. The van der Waals surface area contributed by atoms with E-state index in [0.29, 0.717) is 5.56 Å². The lowest BCUT2D eigenvalue weighted by Gasteiger charge is -2.21. The smallest absolute Gasteiger partial charge is 0.384 e. The maximum absolute atomic E-state index is 12.9. The molecule has 0 saturated heterocycles. The van der Waals surface area contributed by atoms with Crippen molar-refractivity contribution in [1.29, 1.82) is 0 Å². The third kappa shape index (κ3) is 3.19. The molecule has 0 unspecified atom stereocenters. The summed E-state index contributed by atoms with van der Waals surface area (Å²) in [7, 11) is 0. The molecule has 0 aliphatic heterocycles. The predicted octanol–water partition coefficient (Wildman–Crippen LogP) is 2.16. The first kappa shape index (κ1) is 15.4. The van der Waals surface area contributed by atoms with Crippen LogP contribution in [0.5, 0.6) is 0 Å². The minimum atomic E-state index is -4.45. The highest BCUT2D eigenvalue weighted by atomic mass is 19.4. The fourth-order valence-corrected chi connectivity index (χ4v) is 1.98. The molecule has 2 N–H and O–H groups in total. The zero-order valence-corrected chi connectivity index (χ0v) is 11.3. The number of amides is 1. The molecule has 1 fully saturated rings. The van der Waals surface area contributed by atoms with Crippen LogP contribution in [0.4, 0.5) is 13.2 Å². The van der Waals surface area contributed by atoms with E-state index in [0.717, 1.165) is 5.56 Å². The highest BCUT2D eigenvalue weighted by molar-refractivity contribution is 5.97. The molecule has 1 saturated carbocycles. The van der Waals surface area contributed by atoms with Crippen molar-refractivity contribution in [2.75, 3.05) is 6.61 Å². The highest BCUT2D eigenvalue weighted by Gasteiger charge is 2.64. The summed E-state index contributed by atoms with van der Waals surface area (Å²) in [6, 6.07) is 4.68. The number of aliphatic hydroxyl groups excluding tert-OH is 1. The van der Waals surface area contributed by atoms with Crippen molar-refractivity contribution in [3.63, 3.8) is 0 Å². The van der Waals surface area contributed by atoms with Crippen LogP contribution in [-0.4, -0.2) is 29.3 Å². The van der Waals surface area contributed by atoms with Gasteiger partial charge in [0, 0.05) is 5.56 Å². The van der Waals surface area contributed by atoms with Crippen molar-refractivity contribution >= 4 is 5.91 Å². The van der Waals surface area contributed by atoms with Gasteiger partial charge in [0.05, 0.1) is 5.56 Å². The van der Waals surface area contributed by atoms with E-state index < -0.39 is 17.6 Å². The van der Waals surface area contributed by atoms with Crippen molar-refractivity contribution < 1.29 is 23.1 Å². The summed E-state index contributed by atoms with van der Waals surface area (Å²) in [6.07, 6.45) is -4.66. The van der Waals surface area contributed by atoms with Crippen LogP contribution in [0.15, 0.2) is 18.2 Å². The summed E-state index contributed by atoms with van der Waals surface area (Å²) < 4.78 is 38.6. The zero-order valence-electron chi connectivity index (χ0n) is 11.3. The van der Waals surface area contributed by atoms with Gasteiger partial charge in [0.25, 0.3) is 5.91 Å². The standard InChI is InChI=1S/C15H14F3NO2/c1-10-4-5-12(11(9-10)3-2-8-20)13(21)19-14(6-7-14)15(16,17)18/h4-5,9,20H,6-8H2,1H3,(H,19,21). The average Bonchev–Trinajstić information content (AvgIpc) is 3.16. The molecule has 6 heteroatoms. The van der Waals surface area contributed by atoms with Gasteiger partial charge in [-0.1, -0.05) is 17.9 Å². The number of aliphatic hydroxyl groups is 1. The molecular weight excluding hydrogens is 283 g/mol. The van der Waals surface area contributed by atoms with E-state index in [1.807, 2.05) is 0 Å². The molecule has 1 aliphatic rings. The summed E-state index contributed by atoms with van der Waals surface area (Å²) in [5, 5.41) is 10.8. The summed E-state index contributed by atoms with van der Waals surface area (Å²) in [5.74, 6) is 4.19. The van der Waals surface area contributed by atoms with Gasteiger partial charge in [-0.15, -0.1) is 0 Å². The first-order chi connectivity index (χ1) is 9.79. The van der Waals surface area contributed by atoms with Crippen LogP contribution in [0.25, 0.3) is 0 Å². The minimum Gasteiger partial charge on any atom is -0.384 e. The van der Waals surface area contributed by atoms with Crippen molar-refractivity contribution in [2.45, 2.75) is 31.5 Å². The maximum Gasteiger partial charge on any atom is 0.411 e. The third-order valence-electron chi connectivity index (χ3n) is 3.37. The summed E-state index contributed by atoms with van der Waals surface area (Å²) in [5.41, 5.74) is -0.890. The second kappa shape index (κ2) is 5.41. The van der Waals surface area contributed by atoms with Gasteiger partial charge in [0.2, 0.25) is 0 Å². The molecule has 21 heavy (non-hydrogen) atoms. The summed E-state index contributed by atoms with van der Waals surface area (Å²) >= 11 is 0. The molecule has 3 nitrogen and oxygen atoms in total. The first-order valence-electron chi connectivity index (χ1n) is 6.39. The van der Waals surface area contributed by atoms with Gasteiger partial charge in [-0.05, 0) is 37.5 Å². The molecule has 112 valence electrons. The zero-order chi connectivity index (χ0) is 15.7. The van der Waals surface area contributed by atoms with Crippen molar-refractivity contribution in [3.8, 4) is 11.8 Å². The number of hydrogen-bond acceptors (Lipinski definition) is 2. The summed E-state index contributed by atoms with van der Waals surface area (Å²) in [4.78, 5) is 12.1. The molecule has 1 amide bonds. The van der Waals surface area contributed by atoms with Crippen LogP contribution in [0.3, 0.4) is 0 Å². The lowest BCUT2D eigenvalue weighted by atomic mass is 10.0.